The minimum absolute atomic E-state index is 0.0677. The van der Waals surface area contributed by atoms with E-state index in [1.807, 2.05) is 4.90 Å². The second kappa shape index (κ2) is 6.11. The van der Waals surface area contributed by atoms with E-state index in [9.17, 15) is 9.59 Å². The summed E-state index contributed by atoms with van der Waals surface area (Å²) < 4.78 is 0. The average molecular weight is 297 g/mol. The van der Waals surface area contributed by atoms with Crippen LogP contribution in [0.25, 0.3) is 0 Å². The van der Waals surface area contributed by atoms with Crippen LogP contribution in [-0.4, -0.2) is 42.4 Å². The number of amides is 2. The predicted octanol–water partition coefficient (Wildman–Crippen LogP) is 0.681. The number of hydrogen-bond donors (Lipinski definition) is 3. The third-order valence-electron chi connectivity index (χ3n) is 3.27. The standard InChI is InChI=1S/C13H17ClN4O2/c1-8(18-5-4-16-12(19)7-18)13(20)17-11-3-2-9(14)6-10(11)15/h2-3,6,8H,4-5,7,15H2,1H3,(H,16,19)(H,17,20). The van der Waals surface area contributed by atoms with Crippen molar-refractivity contribution in [3.05, 3.63) is 23.2 Å². The summed E-state index contributed by atoms with van der Waals surface area (Å²) in [5, 5.41) is 5.99. The molecule has 0 radical (unpaired) electrons. The van der Waals surface area contributed by atoms with Crippen molar-refractivity contribution in [1.29, 1.82) is 0 Å². The highest BCUT2D eigenvalue weighted by atomic mass is 35.5. The quantitative estimate of drug-likeness (QED) is 0.716. The number of nitrogen functional groups attached to an aromatic ring is 1. The van der Waals surface area contributed by atoms with Gasteiger partial charge in [0.1, 0.15) is 0 Å². The van der Waals surface area contributed by atoms with Gasteiger partial charge in [0.25, 0.3) is 0 Å². The number of anilines is 2. The summed E-state index contributed by atoms with van der Waals surface area (Å²) in [5.41, 5.74) is 6.73. The van der Waals surface area contributed by atoms with Crippen LogP contribution in [0, 0.1) is 0 Å². The first-order valence-corrected chi connectivity index (χ1v) is 6.72. The number of carbonyl (C=O) groups excluding carboxylic acids is 2. The van der Waals surface area contributed by atoms with Crippen LogP contribution in [0.3, 0.4) is 0 Å². The molecular weight excluding hydrogens is 280 g/mol. The number of carbonyl (C=O) groups is 2. The summed E-state index contributed by atoms with van der Waals surface area (Å²) in [6, 6.07) is 4.49. The third-order valence-corrected chi connectivity index (χ3v) is 3.50. The minimum atomic E-state index is -0.406. The second-order valence-corrected chi connectivity index (χ2v) is 5.15. The zero-order valence-electron chi connectivity index (χ0n) is 11.1. The zero-order valence-corrected chi connectivity index (χ0v) is 11.9. The Morgan fingerprint density at radius 1 is 1.55 bits per heavy atom. The first-order valence-electron chi connectivity index (χ1n) is 6.34. The van der Waals surface area contributed by atoms with Crippen molar-refractivity contribution in [2.45, 2.75) is 13.0 Å². The van der Waals surface area contributed by atoms with Gasteiger partial charge in [-0.1, -0.05) is 11.6 Å². The Balaban J connectivity index is 2.01. The molecule has 6 nitrogen and oxygen atoms in total. The van der Waals surface area contributed by atoms with Crippen molar-refractivity contribution in [1.82, 2.24) is 10.2 Å². The first-order chi connectivity index (χ1) is 9.47. The Morgan fingerprint density at radius 3 is 2.95 bits per heavy atom. The van der Waals surface area contributed by atoms with Gasteiger partial charge in [-0.2, -0.15) is 0 Å². The Labute approximate surface area is 122 Å². The average Bonchev–Trinajstić information content (AvgIpc) is 2.41. The van der Waals surface area contributed by atoms with E-state index in [1.54, 1.807) is 25.1 Å². The number of halogens is 1. The number of hydrogen-bond acceptors (Lipinski definition) is 4. The summed E-state index contributed by atoms with van der Waals surface area (Å²) in [4.78, 5) is 25.3. The van der Waals surface area contributed by atoms with E-state index in [0.29, 0.717) is 29.5 Å². The lowest BCUT2D eigenvalue weighted by Crippen LogP contribution is -2.53. The van der Waals surface area contributed by atoms with Gasteiger partial charge in [-0.25, -0.2) is 0 Å². The molecule has 0 spiro atoms. The van der Waals surface area contributed by atoms with E-state index in [-0.39, 0.29) is 18.4 Å². The Hall–Kier alpha value is -1.79. The van der Waals surface area contributed by atoms with Crippen LogP contribution in [0.4, 0.5) is 11.4 Å². The van der Waals surface area contributed by atoms with Crippen LogP contribution < -0.4 is 16.4 Å². The summed E-state index contributed by atoms with van der Waals surface area (Å²) >= 11 is 5.81. The molecule has 2 amide bonds. The number of nitrogens with one attached hydrogen (secondary N) is 2. The number of rotatable bonds is 3. The highest BCUT2D eigenvalue weighted by Gasteiger charge is 2.26. The summed E-state index contributed by atoms with van der Waals surface area (Å²) in [6.45, 7) is 3.20. The molecule has 0 saturated carbocycles. The van der Waals surface area contributed by atoms with E-state index in [1.165, 1.54) is 0 Å². The number of benzene rings is 1. The van der Waals surface area contributed by atoms with Crippen molar-refractivity contribution in [3.63, 3.8) is 0 Å². The van der Waals surface area contributed by atoms with Gasteiger partial charge in [-0.05, 0) is 25.1 Å². The zero-order chi connectivity index (χ0) is 14.7. The highest BCUT2D eigenvalue weighted by Crippen LogP contribution is 2.23. The topological polar surface area (TPSA) is 87.5 Å². The van der Waals surface area contributed by atoms with Crippen LogP contribution in [0.2, 0.25) is 5.02 Å². The SMILES string of the molecule is CC(C(=O)Nc1ccc(Cl)cc1N)N1CCNC(=O)C1. The highest BCUT2D eigenvalue weighted by molar-refractivity contribution is 6.31. The summed E-state index contributed by atoms with van der Waals surface area (Å²) in [6.07, 6.45) is 0. The normalized spacial score (nSPS) is 17.4. The molecule has 1 saturated heterocycles. The molecule has 1 atom stereocenters. The molecule has 7 heteroatoms. The fourth-order valence-electron chi connectivity index (χ4n) is 2.04. The Morgan fingerprint density at radius 2 is 2.30 bits per heavy atom. The molecule has 1 aliphatic heterocycles. The van der Waals surface area contributed by atoms with Gasteiger partial charge < -0.3 is 16.4 Å². The molecule has 1 heterocycles. The largest absolute Gasteiger partial charge is 0.397 e. The molecule has 108 valence electrons. The van der Waals surface area contributed by atoms with Crippen molar-refractivity contribution >= 4 is 34.8 Å². The Kier molecular flexibility index (Phi) is 4.46. The van der Waals surface area contributed by atoms with Crippen molar-refractivity contribution in [3.8, 4) is 0 Å². The fraction of sp³-hybridized carbons (Fsp3) is 0.385. The van der Waals surface area contributed by atoms with Crippen LogP contribution in [0.15, 0.2) is 18.2 Å². The molecule has 1 fully saturated rings. The molecule has 1 unspecified atom stereocenters. The fourth-order valence-corrected chi connectivity index (χ4v) is 2.22. The van der Waals surface area contributed by atoms with E-state index in [0.717, 1.165) is 0 Å². The maximum Gasteiger partial charge on any atom is 0.241 e. The molecule has 1 aromatic carbocycles. The predicted molar refractivity (Wildman–Crippen MR) is 78.5 cm³/mol. The monoisotopic (exact) mass is 296 g/mol. The van der Waals surface area contributed by atoms with Gasteiger partial charge in [0.15, 0.2) is 0 Å². The van der Waals surface area contributed by atoms with Gasteiger partial charge in [0.2, 0.25) is 11.8 Å². The molecule has 0 aromatic heterocycles. The van der Waals surface area contributed by atoms with Gasteiger partial charge in [0.05, 0.1) is 24.0 Å². The van der Waals surface area contributed by atoms with Crippen LogP contribution >= 0.6 is 11.6 Å². The molecule has 1 aliphatic rings. The van der Waals surface area contributed by atoms with E-state index < -0.39 is 6.04 Å². The lowest BCUT2D eigenvalue weighted by Gasteiger charge is -2.31. The van der Waals surface area contributed by atoms with Crippen molar-refractivity contribution in [2.24, 2.45) is 0 Å². The summed E-state index contributed by atoms with van der Waals surface area (Å²) in [5.74, 6) is -0.268. The van der Waals surface area contributed by atoms with Crippen LogP contribution in [-0.2, 0) is 9.59 Å². The molecule has 2 rings (SSSR count). The molecular formula is C13H17ClN4O2. The summed E-state index contributed by atoms with van der Waals surface area (Å²) in [7, 11) is 0. The second-order valence-electron chi connectivity index (χ2n) is 4.72. The third kappa shape index (κ3) is 3.40. The molecule has 0 aliphatic carbocycles. The smallest absolute Gasteiger partial charge is 0.241 e. The maximum atomic E-state index is 12.2. The number of nitrogens with two attached hydrogens (primary N) is 1. The molecule has 4 N–H and O–H groups in total. The first kappa shape index (κ1) is 14.6. The lowest BCUT2D eigenvalue weighted by atomic mass is 10.2. The van der Waals surface area contributed by atoms with Gasteiger partial charge >= 0.3 is 0 Å². The number of nitrogens with zero attached hydrogens (tertiary/aromatic N) is 1. The van der Waals surface area contributed by atoms with E-state index in [4.69, 9.17) is 17.3 Å². The minimum Gasteiger partial charge on any atom is -0.397 e. The Bertz CT molecular complexity index is 535. The molecule has 20 heavy (non-hydrogen) atoms. The van der Waals surface area contributed by atoms with Gasteiger partial charge in [-0.15, -0.1) is 0 Å². The van der Waals surface area contributed by atoms with Crippen molar-refractivity contribution < 1.29 is 9.59 Å². The molecule has 1 aromatic rings. The van der Waals surface area contributed by atoms with E-state index in [2.05, 4.69) is 10.6 Å². The lowest BCUT2D eigenvalue weighted by molar-refractivity contribution is -0.127. The number of piperazine rings is 1. The van der Waals surface area contributed by atoms with Crippen LogP contribution in [0.1, 0.15) is 6.92 Å². The van der Waals surface area contributed by atoms with Gasteiger partial charge in [-0.3, -0.25) is 14.5 Å². The van der Waals surface area contributed by atoms with E-state index >= 15 is 0 Å². The van der Waals surface area contributed by atoms with Crippen molar-refractivity contribution in [2.75, 3.05) is 30.7 Å². The van der Waals surface area contributed by atoms with Crippen LogP contribution in [0.5, 0.6) is 0 Å². The molecule has 0 bridgehead atoms. The van der Waals surface area contributed by atoms with Gasteiger partial charge in [0, 0.05) is 18.1 Å². The maximum absolute atomic E-state index is 12.2.